The lowest BCUT2D eigenvalue weighted by Crippen LogP contribution is -2.30. The number of anilines is 2. The number of nitrogens with zero attached hydrogens (tertiary/aromatic N) is 1. The Morgan fingerprint density at radius 1 is 1.43 bits per heavy atom. The molecule has 0 aromatic heterocycles. The highest BCUT2D eigenvalue weighted by Gasteiger charge is 2.24. The smallest absolute Gasteiger partial charge is 0.225 e. The maximum Gasteiger partial charge on any atom is 0.225 e. The first kappa shape index (κ1) is 15.8. The molecule has 0 spiro atoms. The van der Waals surface area contributed by atoms with Gasteiger partial charge < -0.3 is 21.1 Å². The molecule has 5 nitrogen and oxygen atoms in total. The zero-order valence-corrected chi connectivity index (χ0v) is 12.6. The van der Waals surface area contributed by atoms with Crippen LogP contribution in [-0.2, 0) is 4.79 Å². The second kappa shape index (κ2) is 6.91. The highest BCUT2D eigenvalue weighted by atomic mass is 16.3. The molecule has 21 heavy (non-hydrogen) atoms. The van der Waals surface area contributed by atoms with Crippen molar-refractivity contribution < 1.29 is 9.90 Å². The first-order valence-electron chi connectivity index (χ1n) is 7.55. The van der Waals surface area contributed by atoms with Crippen LogP contribution in [0.15, 0.2) is 24.3 Å². The monoisotopic (exact) mass is 291 g/mol. The average Bonchev–Trinajstić information content (AvgIpc) is 2.57. The van der Waals surface area contributed by atoms with Crippen LogP contribution in [0, 0.1) is 0 Å². The fraction of sp³-hybridized carbons (Fsp3) is 0.562. The van der Waals surface area contributed by atoms with Crippen LogP contribution in [0.1, 0.15) is 32.6 Å². The summed E-state index contributed by atoms with van der Waals surface area (Å²) in [6.07, 6.45) is 3.03. The molecule has 1 aromatic carbocycles. The number of aliphatic hydroxyl groups is 1. The minimum absolute atomic E-state index is 0.00314. The lowest BCUT2D eigenvalue weighted by atomic mass is 9.98. The number of benzene rings is 1. The lowest BCUT2D eigenvalue weighted by Gasteiger charge is -2.22. The fourth-order valence-corrected chi connectivity index (χ4v) is 2.64. The van der Waals surface area contributed by atoms with Gasteiger partial charge in [-0.2, -0.15) is 0 Å². The van der Waals surface area contributed by atoms with Gasteiger partial charge in [0.25, 0.3) is 0 Å². The van der Waals surface area contributed by atoms with Gasteiger partial charge in [0.15, 0.2) is 0 Å². The number of hydrogen-bond acceptors (Lipinski definition) is 4. The van der Waals surface area contributed by atoms with Gasteiger partial charge in [0.2, 0.25) is 5.91 Å². The normalized spacial score (nSPS) is 23.5. The molecule has 5 heteroatoms. The van der Waals surface area contributed by atoms with Gasteiger partial charge >= 0.3 is 0 Å². The molecule has 1 unspecified atom stereocenters. The van der Waals surface area contributed by atoms with Crippen molar-refractivity contribution in [1.29, 1.82) is 0 Å². The number of amides is 1. The van der Waals surface area contributed by atoms with Gasteiger partial charge in [0, 0.05) is 30.9 Å². The van der Waals surface area contributed by atoms with E-state index in [1.165, 1.54) is 0 Å². The van der Waals surface area contributed by atoms with Gasteiger partial charge in [-0.1, -0.05) is 6.07 Å². The highest BCUT2D eigenvalue weighted by Crippen LogP contribution is 2.21. The predicted octanol–water partition coefficient (Wildman–Crippen LogP) is 1.83. The Labute approximate surface area is 126 Å². The van der Waals surface area contributed by atoms with Crippen molar-refractivity contribution in [3.63, 3.8) is 0 Å². The molecule has 0 saturated carbocycles. The minimum atomic E-state index is -0.557. The summed E-state index contributed by atoms with van der Waals surface area (Å²) in [5.74, 6) is -0.00314. The van der Waals surface area contributed by atoms with E-state index in [4.69, 9.17) is 5.73 Å². The Balaban J connectivity index is 1.76. The van der Waals surface area contributed by atoms with Gasteiger partial charge in [-0.3, -0.25) is 4.79 Å². The molecule has 2 rings (SSSR count). The fourth-order valence-electron chi connectivity index (χ4n) is 2.64. The largest absolute Gasteiger partial charge is 0.399 e. The Hall–Kier alpha value is -1.59. The van der Waals surface area contributed by atoms with E-state index >= 15 is 0 Å². The number of nitrogens with two attached hydrogens (primary N) is 1. The van der Waals surface area contributed by atoms with Crippen molar-refractivity contribution in [1.82, 2.24) is 4.90 Å². The van der Waals surface area contributed by atoms with Crippen LogP contribution in [0.2, 0.25) is 0 Å². The van der Waals surface area contributed by atoms with E-state index in [-0.39, 0.29) is 5.91 Å². The quantitative estimate of drug-likeness (QED) is 0.740. The van der Waals surface area contributed by atoms with Crippen molar-refractivity contribution in [2.45, 2.75) is 38.2 Å². The van der Waals surface area contributed by atoms with Crippen LogP contribution in [0.5, 0.6) is 0 Å². The zero-order chi connectivity index (χ0) is 15.3. The molecule has 1 aliphatic rings. The SMILES string of the molecule is CC1(O)CCCN(CCC(=O)Nc2cccc(N)c2)CC1. The Morgan fingerprint density at radius 2 is 2.24 bits per heavy atom. The molecule has 1 fully saturated rings. The molecule has 0 bridgehead atoms. The van der Waals surface area contributed by atoms with Crippen LogP contribution in [0.25, 0.3) is 0 Å². The summed E-state index contributed by atoms with van der Waals surface area (Å²) in [6, 6.07) is 7.19. The van der Waals surface area contributed by atoms with Gasteiger partial charge in [-0.25, -0.2) is 0 Å². The van der Waals surface area contributed by atoms with E-state index in [0.717, 1.165) is 44.6 Å². The first-order chi connectivity index (χ1) is 9.94. The van der Waals surface area contributed by atoms with E-state index in [9.17, 15) is 9.90 Å². The summed E-state index contributed by atoms with van der Waals surface area (Å²) in [5.41, 5.74) is 6.50. The number of likely N-dealkylation sites (tertiary alicyclic amines) is 1. The minimum Gasteiger partial charge on any atom is -0.399 e. The highest BCUT2D eigenvalue weighted by molar-refractivity contribution is 5.91. The van der Waals surface area contributed by atoms with Gasteiger partial charge in [0.1, 0.15) is 0 Å². The molecular formula is C16H25N3O2. The van der Waals surface area contributed by atoms with Crippen molar-refractivity contribution in [2.24, 2.45) is 0 Å². The summed E-state index contributed by atoms with van der Waals surface area (Å²) >= 11 is 0. The number of nitrogens with one attached hydrogen (secondary N) is 1. The predicted molar refractivity (Wildman–Crippen MR) is 85.0 cm³/mol. The van der Waals surface area contributed by atoms with Gasteiger partial charge in [0.05, 0.1) is 5.60 Å². The van der Waals surface area contributed by atoms with Crippen molar-refractivity contribution >= 4 is 17.3 Å². The molecule has 1 heterocycles. The standard InChI is InChI=1S/C16H25N3O2/c1-16(21)7-3-9-19(11-8-16)10-6-15(20)18-14-5-2-4-13(17)12-14/h2,4-5,12,21H,3,6-11,17H2,1H3,(H,18,20). The third-order valence-electron chi connectivity index (χ3n) is 3.98. The average molecular weight is 291 g/mol. The maximum absolute atomic E-state index is 12.0. The second-order valence-corrected chi connectivity index (χ2v) is 6.12. The molecule has 116 valence electrons. The van der Waals surface area contributed by atoms with Gasteiger partial charge in [-0.15, -0.1) is 0 Å². The maximum atomic E-state index is 12.0. The molecule has 1 atom stereocenters. The van der Waals surface area contributed by atoms with Crippen LogP contribution in [-0.4, -0.2) is 41.1 Å². The zero-order valence-electron chi connectivity index (χ0n) is 12.6. The van der Waals surface area contributed by atoms with Crippen LogP contribution < -0.4 is 11.1 Å². The lowest BCUT2D eigenvalue weighted by molar-refractivity contribution is -0.116. The number of carbonyl (C=O) groups excluding carboxylic acids is 1. The molecular weight excluding hydrogens is 266 g/mol. The van der Waals surface area contributed by atoms with Crippen LogP contribution in [0.3, 0.4) is 0 Å². The Morgan fingerprint density at radius 3 is 3.00 bits per heavy atom. The van der Waals surface area contributed by atoms with Crippen molar-refractivity contribution in [2.75, 3.05) is 30.7 Å². The molecule has 1 saturated heterocycles. The summed E-state index contributed by atoms with van der Waals surface area (Å²) in [5, 5.41) is 12.9. The Kier molecular flexibility index (Phi) is 5.20. The number of nitrogen functional groups attached to an aromatic ring is 1. The summed E-state index contributed by atoms with van der Waals surface area (Å²) in [6.45, 7) is 4.41. The third kappa shape index (κ3) is 5.36. The Bertz CT molecular complexity index is 488. The van der Waals surface area contributed by atoms with E-state index in [0.29, 0.717) is 12.1 Å². The number of rotatable bonds is 4. The van der Waals surface area contributed by atoms with Crippen LogP contribution >= 0.6 is 0 Å². The van der Waals surface area contributed by atoms with E-state index in [1.54, 1.807) is 12.1 Å². The summed E-state index contributed by atoms with van der Waals surface area (Å²) < 4.78 is 0. The third-order valence-corrected chi connectivity index (χ3v) is 3.98. The van der Waals surface area contributed by atoms with E-state index in [2.05, 4.69) is 10.2 Å². The van der Waals surface area contributed by atoms with E-state index in [1.807, 2.05) is 19.1 Å². The topological polar surface area (TPSA) is 78.6 Å². The van der Waals surface area contributed by atoms with Crippen molar-refractivity contribution in [3.8, 4) is 0 Å². The van der Waals surface area contributed by atoms with Gasteiger partial charge in [-0.05, 0) is 50.9 Å². The second-order valence-electron chi connectivity index (χ2n) is 6.12. The molecule has 1 aliphatic heterocycles. The number of carbonyl (C=O) groups is 1. The van der Waals surface area contributed by atoms with Crippen LogP contribution in [0.4, 0.5) is 11.4 Å². The molecule has 1 aromatic rings. The van der Waals surface area contributed by atoms with E-state index < -0.39 is 5.60 Å². The van der Waals surface area contributed by atoms with Crippen molar-refractivity contribution in [3.05, 3.63) is 24.3 Å². The molecule has 0 radical (unpaired) electrons. The molecule has 4 N–H and O–H groups in total. The summed E-state index contributed by atoms with van der Waals surface area (Å²) in [7, 11) is 0. The molecule has 1 amide bonds. The summed E-state index contributed by atoms with van der Waals surface area (Å²) in [4.78, 5) is 14.2. The number of hydrogen-bond donors (Lipinski definition) is 3. The molecule has 0 aliphatic carbocycles. The first-order valence-corrected chi connectivity index (χ1v) is 7.55.